The number of ether oxygens (including phenoxy) is 1. The molecule has 0 bridgehead atoms. The van der Waals surface area contributed by atoms with Crippen LogP contribution in [0.5, 0.6) is 5.75 Å². The summed E-state index contributed by atoms with van der Waals surface area (Å²) in [7, 11) is 0. The number of aromatic nitrogens is 1. The maximum atomic E-state index is 12.2. The highest BCUT2D eigenvalue weighted by molar-refractivity contribution is 5.46. The number of nitriles is 1. The Morgan fingerprint density at radius 1 is 1.32 bits per heavy atom. The molecule has 2 atom stereocenters. The molecule has 1 aromatic heterocycles. The second kappa shape index (κ2) is 5.00. The second-order valence-electron chi connectivity index (χ2n) is 5.91. The Labute approximate surface area is 128 Å². The molecule has 0 radical (unpaired) electrons. The van der Waals surface area contributed by atoms with E-state index in [4.69, 9.17) is 10.00 Å². The standard InChI is InChI=1S/C17H16N2O3/c1-17(2)16(21)15(19-8-4-3-5-14(19)20)12-9-11(10-18)6-7-13(12)22-17/h3-9,15-16,21H,1-2H3/t15-,16-/m0/s1. The smallest absolute Gasteiger partial charge is 0.251 e. The molecular weight excluding hydrogens is 280 g/mol. The Hall–Kier alpha value is -2.58. The van der Waals surface area contributed by atoms with Crippen LogP contribution in [0.1, 0.15) is 31.0 Å². The van der Waals surface area contributed by atoms with Crippen LogP contribution in [0.2, 0.25) is 0 Å². The molecule has 112 valence electrons. The van der Waals surface area contributed by atoms with E-state index in [0.29, 0.717) is 16.9 Å². The van der Waals surface area contributed by atoms with Crippen LogP contribution in [0, 0.1) is 11.3 Å². The van der Waals surface area contributed by atoms with Crippen molar-refractivity contribution >= 4 is 0 Å². The topological polar surface area (TPSA) is 75.2 Å². The molecule has 0 spiro atoms. The van der Waals surface area contributed by atoms with Crippen LogP contribution in [-0.4, -0.2) is 21.4 Å². The Morgan fingerprint density at radius 2 is 2.09 bits per heavy atom. The van der Waals surface area contributed by atoms with Crippen LogP contribution in [0.15, 0.2) is 47.4 Å². The molecule has 1 aliphatic heterocycles. The molecule has 2 heterocycles. The third kappa shape index (κ3) is 2.18. The summed E-state index contributed by atoms with van der Waals surface area (Å²) in [6.07, 6.45) is 0.717. The van der Waals surface area contributed by atoms with Crippen LogP contribution < -0.4 is 10.3 Å². The fourth-order valence-electron chi connectivity index (χ4n) is 2.81. The van der Waals surface area contributed by atoms with Crippen LogP contribution >= 0.6 is 0 Å². The second-order valence-corrected chi connectivity index (χ2v) is 5.91. The van der Waals surface area contributed by atoms with Crippen molar-refractivity contribution in [2.75, 3.05) is 0 Å². The normalized spacial score (nSPS) is 22.3. The maximum absolute atomic E-state index is 12.2. The van der Waals surface area contributed by atoms with Gasteiger partial charge in [-0.1, -0.05) is 6.07 Å². The summed E-state index contributed by atoms with van der Waals surface area (Å²) in [5.41, 5.74) is 0.0427. The Morgan fingerprint density at radius 3 is 2.77 bits per heavy atom. The van der Waals surface area contributed by atoms with Gasteiger partial charge in [-0.3, -0.25) is 4.79 Å². The zero-order valence-corrected chi connectivity index (χ0v) is 12.4. The average molecular weight is 296 g/mol. The highest BCUT2D eigenvalue weighted by atomic mass is 16.5. The van der Waals surface area contributed by atoms with Gasteiger partial charge in [0.1, 0.15) is 17.5 Å². The summed E-state index contributed by atoms with van der Waals surface area (Å²) < 4.78 is 7.33. The van der Waals surface area contributed by atoms with Crippen molar-refractivity contribution < 1.29 is 9.84 Å². The van der Waals surface area contributed by atoms with Gasteiger partial charge < -0.3 is 14.4 Å². The van der Waals surface area contributed by atoms with Crippen LogP contribution in [0.4, 0.5) is 0 Å². The highest BCUT2D eigenvalue weighted by Gasteiger charge is 2.44. The monoisotopic (exact) mass is 296 g/mol. The summed E-state index contributed by atoms with van der Waals surface area (Å²) in [5, 5.41) is 19.8. The van der Waals surface area contributed by atoms with Gasteiger partial charge in [0.05, 0.1) is 17.7 Å². The van der Waals surface area contributed by atoms with E-state index in [1.165, 1.54) is 10.6 Å². The Kier molecular flexibility index (Phi) is 3.27. The average Bonchev–Trinajstić information content (AvgIpc) is 2.49. The van der Waals surface area contributed by atoms with Crippen molar-refractivity contribution in [2.45, 2.75) is 31.6 Å². The molecule has 1 N–H and O–H groups in total. The van der Waals surface area contributed by atoms with Gasteiger partial charge in [0, 0.05) is 17.8 Å². The van der Waals surface area contributed by atoms with Gasteiger partial charge in [0.15, 0.2) is 0 Å². The molecule has 5 heteroatoms. The summed E-state index contributed by atoms with van der Waals surface area (Å²) in [5.74, 6) is 0.579. The predicted octanol–water partition coefficient (Wildman–Crippen LogP) is 1.84. The summed E-state index contributed by atoms with van der Waals surface area (Å²) in [6.45, 7) is 3.56. The van der Waals surface area contributed by atoms with Gasteiger partial charge in [-0.2, -0.15) is 5.26 Å². The number of nitrogens with zero attached hydrogens (tertiary/aromatic N) is 2. The fourth-order valence-corrected chi connectivity index (χ4v) is 2.81. The zero-order chi connectivity index (χ0) is 15.9. The lowest BCUT2D eigenvalue weighted by Gasteiger charge is -2.42. The largest absolute Gasteiger partial charge is 0.485 e. The number of hydrogen-bond donors (Lipinski definition) is 1. The molecule has 1 aliphatic rings. The summed E-state index contributed by atoms with van der Waals surface area (Å²) >= 11 is 0. The predicted molar refractivity (Wildman–Crippen MR) is 80.7 cm³/mol. The number of rotatable bonds is 1. The Bertz CT molecular complexity index is 817. The fraction of sp³-hybridized carbons (Fsp3) is 0.294. The van der Waals surface area contributed by atoms with Crippen molar-refractivity contribution in [3.05, 3.63) is 64.1 Å². The number of aliphatic hydroxyl groups excluding tert-OH is 1. The Balaban J connectivity index is 2.26. The maximum Gasteiger partial charge on any atom is 0.251 e. The van der Waals surface area contributed by atoms with Crippen molar-refractivity contribution in [3.8, 4) is 11.8 Å². The third-order valence-corrected chi connectivity index (χ3v) is 3.99. The zero-order valence-electron chi connectivity index (χ0n) is 12.4. The first kappa shape index (κ1) is 14.4. The van der Waals surface area contributed by atoms with E-state index in [1.54, 1.807) is 50.4 Å². The summed E-state index contributed by atoms with van der Waals surface area (Å²) in [6, 6.07) is 11.4. The lowest BCUT2D eigenvalue weighted by molar-refractivity contribution is -0.0642. The van der Waals surface area contributed by atoms with E-state index < -0.39 is 17.7 Å². The van der Waals surface area contributed by atoms with Crippen molar-refractivity contribution in [1.29, 1.82) is 5.26 Å². The third-order valence-electron chi connectivity index (χ3n) is 3.99. The number of aliphatic hydroxyl groups is 1. The van der Waals surface area contributed by atoms with Gasteiger partial charge in [-0.25, -0.2) is 0 Å². The SMILES string of the molecule is CC1(C)Oc2ccc(C#N)cc2[C@H](n2ccccc2=O)[C@@H]1O. The van der Waals surface area contributed by atoms with Crippen LogP contribution in [-0.2, 0) is 0 Å². The molecule has 3 rings (SSSR count). The van der Waals surface area contributed by atoms with E-state index in [2.05, 4.69) is 6.07 Å². The van der Waals surface area contributed by atoms with E-state index in [1.807, 2.05) is 0 Å². The molecule has 0 fully saturated rings. The number of pyridine rings is 1. The summed E-state index contributed by atoms with van der Waals surface area (Å²) in [4.78, 5) is 12.2. The lowest BCUT2D eigenvalue weighted by atomic mass is 9.85. The molecule has 0 unspecified atom stereocenters. The highest BCUT2D eigenvalue weighted by Crippen LogP contribution is 2.41. The molecule has 5 nitrogen and oxygen atoms in total. The van der Waals surface area contributed by atoms with E-state index in [9.17, 15) is 9.90 Å². The van der Waals surface area contributed by atoms with Crippen molar-refractivity contribution in [2.24, 2.45) is 0 Å². The molecule has 22 heavy (non-hydrogen) atoms. The van der Waals surface area contributed by atoms with Crippen LogP contribution in [0.25, 0.3) is 0 Å². The van der Waals surface area contributed by atoms with Crippen LogP contribution in [0.3, 0.4) is 0 Å². The van der Waals surface area contributed by atoms with Crippen molar-refractivity contribution in [1.82, 2.24) is 4.57 Å². The van der Waals surface area contributed by atoms with E-state index in [-0.39, 0.29) is 5.56 Å². The lowest BCUT2D eigenvalue weighted by Crippen LogP contribution is -2.52. The number of fused-ring (bicyclic) bond motifs is 1. The number of benzene rings is 1. The number of hydrogen-bond acceptors (Lipinski definition) is 4. The molecular formula is C17H16N2O3. The van der Waals surface area contributed by atoms with Gasteiger partial charge in [0.25, 0.3) is 5.56 Å². The molecule has 0 saturated heterocycles. The quantitative estimate of drug-likeness (QED) is 0.871. The first-order valence-corrected chi connectivity index (χ1v) is 7.02. The molecule has 2 aromatic rings. The first-order chi connectivity index (χ1) is 10.4. The minimum atomic E-state index is -0.922. The minimum Gasteiger partial charge on any atom is -0.485 e. The van der Waals surface area contributed by atoms with Gasteiger partial charge in [-0.05, 0) is 38.1 Å². The molecule has 0 aliphatic carbocycles. The minimum absolute atomic E-state index is 0.211. The van der Waals surface area contributed by atoms with Gasteiger partial charge >= 0.3 is 0 Å². The van der Waals surface area contributed by atoms with Crippen molar-refractivity contribution in [3.63, 3.8) is 0 Å². The first-order valence-electron chi connectivity index (χ1n) is 7.02. The van der Waals surface area contributed by atoms with E-state index in [0.717, 1.165) is 0 Å². The molecule has 0 amide bonds. The molecule has 1 aromatic carbocycles. The molecule has 0 saturated carbocycles. The van der Waals surface area contributed by atoms with Gasteiger partial charge in [0.2, 0.25) is 0 Å². The van der Waals surface area contributed by atoms with Gasteiger partial charge in [-0.15, -0.1) is 0 Å². The van der Waals surface area contributed by atoms with E-state index >= 15 is 0 Å².